The maximum absolute atomic E-state index is 12.6. The molecule has 17 nitrogen and oxygen atoms in total. The molecule has 4 aliphatic carbocycles. The summed E-state index contributed by atoms with van der Waals surface area (Å²) in [5.41, 5.74) is 5.38. The molecule has 2 heterocycles. The second-order valence-electron chi connectivity index (χ2n) is 16.7. The number of nitro groups is 1. The molecule has 1 unspecified atom stereocenters. The SMILES string of the molecule is C[C@@H]1O[C@@H](O[C@H]2CC[C@]3(CO)[C@H]4[C@H](O)C[C@]5(C)[C@@H](C6=CC(=O)OC6)CCC5(O)[C@@H]4CC[C@]3(O)C2)CN(CCNc2ccc(N=[N+]=[N-])cc2[N+](=O)[O-])C[C@H]1O. The van der Waals surface area contributed by atoms with Crippen LogP contribution in [-0.2, 0) is 19.0 Å². The number of benzene rings is 1. The first-order valence-corrected chi connectivity index (χ1v) is 19.1. The summed E-state index contributed by atoms with van der Waals surface area (Å²) < 4.78 is 17.9. The van der Waals surface area contributed by atoms with Crippen LogP contribution in [-0.4, -0.2) is 123 Å². The van der Waals surface area contributed by atoms with E-state index in [1.165, 1.54) is 24.3 Å². The molecular weight excluding hydrogens is 704 g/mol. The molecule has 296 valence electrons. The number of aliphatic hydroxyl groups excluding tert-OH is 3. The fraction of sp³-hybridized carbons (Fsp3) is 0.757. The smallest absolute Gasteiger partial charge is 0.331 e. The molecule has 7 rings (SSSR count). The Bertz CT molecular complexity index is 1710. The topological polar surface area (TPSA) is 253 Å². The Hall–Kier alpha value is -3.38. The number of aliphatic hydroxyl groups is 5. The van der Waals surface area contributed by atoms with Crippen molar-refractivity contribution in [2.24, 2.45) is 33.7 Å². The molecule has 0 spiro atoms. The van der Waals surface area contributed by atoms with Crippen molar-refractivity contribution in [3.05, 3.63) is 50.4 Å². The van der Waals surface area contributed by atoms with E-state index in [1.807, 2.05) is 11.8 Å². The minimum Gasteiger partial charge on any atom is -0.458 e. The van der Waals surface area contributed by atoms with Gasteiger partial charge in [-0.15, -0.1) is 0 Å². The summed E-state index contributed by atoms with van der Waals surface area (Å²) in [5, 5.41) is 77.2. The van der Waals surface area contributed by atoms with E-state index >= 15 is 0 Å². The fourth-order valence-electron chi connectivity index (χ4n) is 11.5. The molecule has 5 fully saturated rings. The quantitative estimate of drug-likeness (QED) is 0.0502. The number of β-amino-alcohol motifs (C(OH)–C–C–N with tert-alkyl or cyclic N) is 1. The van der Waals surface area contributed by atoms with Crippen LogP contribution in [0.1, 0.15) is 65.2 Å². The van der Waals surface area contributed by atoms with Gasteiger partial charge in [0.1, 0.15) is 12.3 Å². The highest BCUT2D eigenvalue weighted by molar-refractivity contribution is 5.85. The largest absolute Gasteiger partial charge is 0.458 e. The number of esters is 1. The van der Waals surface area contributed by atoms with Crippen molar-refractivity contribution in [1.82, 2.24) is 4.90 Å². The first-order chi connectivity index (χ1) is 25.7. The molecule has 0 aromatic heterocycles. The molecule has 6 aliphatic rings. The second kappa shape index (κ2) is 14.6. The predicted molar refractivity (Wildman–Crippen MR) is 192 cm³/mol. The van der Waals surface area contributed by atoms with Crippen molar-refractivity contribution in [3.8, 4) is 0 Å². The summed E-state index contributed by atoms with van der Waals surface area (Å²) in [6.07, 6.45) is 1.24. The lowest BCUT2D eigenvalue weighted by Gasteiger charge is -2.67. The van der Waals surface area contributed by atoms with Gasteiger partial charge >= 0.3 is 5.97 Å². The number of hydrogen-bond acceptors (Lipinski definition) is 14. The fourth-order valence-corrected chi connectivity index (χ4v) is 11.5. The molecule has 2 aliphatic heterocycles. The zero-order chi connectivity index (χ0) is 38.6. The predicted octanol–water partition coefficient (Wildman–Crippen LogP) is 3.06. The van der Waals surface area contributed by atoms with Crippen LogP contribution in [0, 0.1) is 38.7 Å². The minimum atomic E-state index is -1.38. The van der Waals surface area contributed by atoms with Crippen molar-refractivity contribution in [3.63, 3.8) is 0 Å². The standard InChI is InChI=1S/C37H52N6O11/c1-21-30(46)17-42(12-11-39-27-4-3-23(40-41-38)14-28(27)43(50)51)18-32(53-21)54-24-5-8-35(20-44)33-26(6-9-36(35,48)15-24)37(49)10-7-25(22-13-31(47)52-19-22)34(37,2)16-29(33)45/h3-4,13-14,21,24-26,29-30,32-33,39,44-46,48-49H,5-12,15-20H2,1-2H3/t21-,24-,25+,26+,29+,30+,32-,33+,34+,35-,36-,37?/m0/s1. The number of rotatable bonds is 10. The molecule has 12 atom stereocenters. The van der Waals surface area contributed by atoms with Crippen molar-refractivity contribution in [1.29, 1.82) is 0 Å². The van der Waals surface area contributed by atoms with Gasteiger partial charge in [-0.2, -0.15) is 0 Å². The van der Waals surface area contributed by atoms with Gasteiger partial charge in [0.15, 0.2) is 6.29 Å². The molecule has 1 saturated heterocycles. The van der Waals surface area contributed by atoms with Crippen LogP contribution in [0.2, 0.25) is 0 Å². The van der Waals surface area contributed by atoms with Gasteiger partial charge in [-0.05, 0) is 80.9 Å². The average molecular weight is 757 g/mol. The van der Waals surface area contributed by atoms with E-state index < -0.39 is 63.6 Å². The van der Waals surface area contributed by atoms with E-state index in [9.17, 15) is 40.4 Å². The van der Waals surface area contributed by atoms with Crippen LogP contribution >= 0.6 is 0 Å². The molecule has 1 aromatic rings. The van der Waals surface area contributed by atoms with E-state index in [-0.39, 0.29) is 80.6 Å². The number of ether oxygens (including phenoxy) is 3. The third kappa shape index (κ3) is 6.46. The average Bonchev–Trinajstić information content (AvgIpc) is 3.62. The normalized spacial score (nSPS) is 42.1. The Morgan fingerprint density at radius 2 is 1.94 bits per heavy atom. The maximum Gasteiger partial charge on any atom is 0.331 e. The van der Waals surface area contributed by atoms with Gasteiger partial charge < -0.3 is 45.1 Å². The van der Waals surface area contributed by atoms with Crippen LogP contribution < -0.4 is 5.32 Å². The summed E-state index contributed by atoms with van der Waals surface area (Å²) in [4.78, 5) is 27.7. The molecule has 1 aromatic carbocycles. The number of azide groups is 1. The summed E-state index contributed by atoms with van der Waals surface area (Å²) in [6.45, 7) is 4.83. The molecule has 17 heteroatoms. The maximum atomic E-state index is 12.6. The molecule has 0 bridgehead atoms. The number of carbonyl (C=O) groups is 1. The molecule has 4 saturated carbocycles. The number of nitrogens with zero attached hydrogens (tertiary/aromatic N) is 5. The number of carbonyl (C=O) groups excluding carboxylic acids is 1. The Morgan fingerprint density at radius 3 is 2.65 bits per heavy atom. The van der Waals surface area contributed by atoms with Gasteiger partial charge in [-0.3, -0.25) is 15.0 Å². The lowest BCUT2D eigenvalue weighted by molar-refractivity contribution is -0.383. The Labute approximate surface area is 313 Å². The molecule has 0 amide bonds. The lowest BCUT2D eigenvalue weighted by atomic mass is 9.40. The number of fused-ring (bicyclic) bond motifs is 5. The number of nitro benzene ring substituents is 1. The third-order valence-corrected chi connectivity index (χ3v) is 14.2. The van der Waals surface area contributed by atoms with Gasteiger partial charge in [0.25, 0.3) is 5.69 Å². The zero-order valence-corrected chi connectivity index (χ0v) is 30.7. The van der Waals surface area contributed by atoms with Crippen molar-refractivity contribution < 1.29 is 49.5 Å². The van der Waals surface area contributed by atoms with Crippen LogP contribution in [0.5, 0.6) is 0 Å². The van der Waals surface area contributed by atoms with E-state index in [0.29, 0.717) is 45.1 Å². The van der Waals surface area contributed by atoms with E-state index in [1.54, 1.807) is 6.92 Å². The Morgan fingerprint density at radius 1 is 1.15 bits per heavy atom. The first-order valence-electron chi connectivity index (χ1n) is 19.1. The van der Waals surface area contributed by atoms with Crippen LogP contribution in [0.3, 0.4) is 0 Å². The summed E-state index contributed by atoms with van der Waals surface area (Å²) in [7, 11) is 0. The van der Waals surface area contributed by atoms with Crippen LogP contribution in [0.4, 0.5) is 17.1 Å². The number of nitrogens with one attached hydrogen (secondary N) is 1. The van der Waals surface area contributed by atoms with Gasteiger partial charge in [0, 0.05) is 72.1 Å². The number of hydrogen-bond donors (Lipinski definition) is 6. The molecule has 0 radical (unpaired) electrons. The lowest BCUT2D eigenvalue weighted by Crippen LogP contribution is -2.72. The van der Waals surface area contributed by atoms with Crippen LogP contribution in [0.25, 0.3) is 10.4 Å². The van der Waals surface area contributed by atoms with E-state index in [0.717, 1.165) is 5.57 Å². The van der Waals surface area contributed by atoms with E-state index in [4.69, 9.17) is 19.7 Å². The third-order valence-electron chi connectivity index (χ3n) is 14.2. The minimum absolute atomic E-state index is 0.120. The summed E-state index contributed by atoms with van der Waals surface area (Å²) >= 11 is 0. The van der Waals surface area contributed by atoms with Gasteiger partial charge in [-0.1, -0.05) is 18.1 Å². The highest BCUT2D eigenvalue weighted by Crippen LogP contribution is 2.70. The second-order valence-corrected chi connectivity index (χ2v) is 16.7. The van der Waals surface area contributed by atoms with E-state index in [2.05, 4.69) is 15.3 Å². The number of cyclic esters (lactones) is 1. The van der Waals surface area contributed by atoms with Gasteiger partial charge in [-0.25, -0.2) is 4.79 Å². The van der Waals surface area contributed by atoms with Gasteiger partial charge in [0.05, 0.1) is 47.1 Å². The molecule has 54 heavy (non-hydrogen) atoms. The molecule has 6 N–H and O–H groups in total. The Balaban J connectivity index is 1.03. The van der Waals surface area contributed by atoms with Crippen LogP contribution in [0.15, 0.2) is 35.0 Å². The monoisotopic (exact) mass is 756 g/mol. The summed E-state index contributed by atoms with van der Waals surface area (Å²) in [6, 6.07) is 4.15. The Kier molecular flexibility index (Phi) is 10.5. The summed E-state index contributed by atoms with van der Waals surface area (Å²) in [5.74, 6) is -1.41. The van der Waals surface area contributed by atoms with Crippen molar-refractivity contribution in [2.75, 3.05) is 44.7 Å². The zero-order valence-electron chi connectivity index (χ0n) is 30.7. The highest BCUT2D eigenvalue weighted by atomic mass is 16.7. The van der Waals surface area contributed by atoms with Crippen molar-refractivity contribution in [2.45, 2.75) is 107 Å². The first kappa shape index (κ1) is 38.9. The van der Waals surface area contributed by atoms with Gasteiger partial charge in [0.2, 0.25) is 0 Å². The highest BCUT2D eigenvalue weighted by Gasteiger charge is 2.73. The molecular formula is C37H52N6O11. The number of anilines is 1. The van der Waals surface area contributed by atoms with Crippen molar-refractivity contribution >= 4 is 23.0 Å².